The van der Waals surface area contributed by atoms with Crippen LogP contribution in [0.15, 0.2) is 12.1 Å². The molecule has 1 aromatic rings. The molecule has 1 unspecified atom stereocenters. The first-order valence-corrected chi connectivity index (χ1v) is 6.72. The molecule has 0 saturated heterocycles. The molecule has 0 saturated carbocycles. The van der Waals surface area contributed by atoms with Crippen LogP contribution in [-0.4, -0.2) is 25.0 Å². The van der Waals surface area contributed by atoms with Gasteiger partial charge in [0.05, 0.1) is 0 Å². The zero-order valence-corrected chi connectivity index (χ0v) is 9.97. The van der Waals surface area contributed by atoms with Gasteiger partial charge in [0.2, 0.25) is 0 Å². The van der Waals surface area contributed by atoms with E-state index in [1.54, 1.807) is 3.61 Å². The Balaban J connectivity index is 2.48. The Hall–Kier alpha value is -0.190. The van der Waals surface area contributed by atoms with Gasteiger partial charge in [-0.3, -0.25) is 0 Å². The van der Waals surface area contributed by atoms with Crippen LogP contribution >= 0.6 is 0 Å². The molecule has 1 N–H and O–H groups in total. The summed E-state index contributed by atoms with van der Waals surface area (Å²) in [5.41, 5.74) is 4.24. The average molecular weight is 275 g/mol. The van der Waals surface area contributed by atoms with E-state index in [0.29, 0.717) is 0 Å². The molecule has 1 heterocycles. The number of benzene rings is 1. The Kier molecular flexibility index (Phi) is 2.06. The summed E-state index contributed by atoms with van der Waals surface area (Å²) in [4.78, 5) is 0. The van der Waals surface area contributed by atoms with Crippen LogP contribution in [0, 0.1) is 13.8 Å². The first-order valence-electron chi connectivity index (χ1n) is 4.21. The van der Waals surface area contributed by atoms with Crippen LogP contribution in [0.2, 0.25) is 0 Å². The van der Waals surface area contributed by atoms with Gasteiger partial charge in [0.25, 0.3) is 0 Å². The first-order chi connectivity index (χ1) is 5.66. The third-order valence-electron chi connectivity index (χ3n) is 2.26. The normalized spacial score (nSPS) is 20.4. The Morgan fingerprint density at radius 3 is 2.67 bits per heavy atom. The molecular formula is C10H13NTe. The third-order valence-corrected chi connectivity index (χ3v) is 5.29. The van der Waals surface area contributed by atoms with Crippen molar-refractivity contribution in [1.29, 1.82) is 0 Å². The fraction of sp³-hybridized carbons (Fsp3) is 0.400. The van der Waals surface area contributed by atoms with E-state index in [4.69, 9.17) is 0 Å². The molecule has 2 rings (SSSR count). The molecule has 1 aliphatic rings. The van der Waals surface area contributed by atoms with E-state index in [1.807, 2.05) is 0 Å². The van der Waals surface area contributed by atoms with Crippen LogP contribution in [0.3, 0.4) is 0 Å². The fourth-order valence-electron chi connectivity index (χ4n) is 1.44. The summed E-state index contributed by atoms with van der Waals surface area (Å²) in [6.45, 7) is 6.67. The van der Waals surface area contributed by atoms with Crippen molar-refractivity contribution < 1.29 is 0 Å². The second kappa shape index (κ2) is 2.94. The monoisotopic (exact) mass is 277 g/mol. The molecular weight excluding hydrogens is 262 g/mol. The molecule has 0 spiro atoms. The number of anilines is 1. The van der Waals surface area contributed by atoms with Crippen molar-refractivity contribution in [1.82, 2.24) is 0 Å². The van der Waals surface area contributed by atoms with E-state index in [-0.39, 0.29) is 20.9 Å². The zero-order chi connectivity index (χ0) is 8.72. The maximum atomic E-state index is 3.52. The van der Waals surface area contributed by atoms with Gasteiger partial charge in [0.1, 0.15) is 0 Å². The minimum absolute atomic E-state index is 0.0449. The Bertz CT molecular complexity index is 289. The topological polar surface area (TPSA) is 12.0 Å². The van der Waals surface area contributed by atoms with Gasteiger partial charge in [-0.05, 0) is 0 Å². The number of hydrogen-bond acceptors (Lipinski definition) is 1. The second-order valence-corrected chi connectivity index (χ2v) is 7.28. The van der Waals surface area contributed by atoms with Crippen molar-refractivity contribution in [2.45, 2.75) is 24.9 Å². The minimum atomic E-state index is 0.0449. The van der Waals surface area contributed by atoms with Crippen LogP contribution in [0.1, 0.15) is 18.1 Å². The molecule has 0 bridgehead atoms. The van der Waals surface area contributed by atoms with Gasteiger partial charge in [0, 0.05) is 0 Å². The van der Waals surface area contributed by atoms with Crippen LogP contribution in [0.25, 0.3) is 0 Å². The standard InChI is InChI=1S/C10H13NTe/c1-6-4-9-10(5-7(6)2)12-8(3)11-9/h4-5,8,11H,1-3H3. The van der Waals surface area contributed by atoms with Gasteiger partial charge in [-0.2, -0.15) is 0 Å². The first kappa shape index (κ1) is 8.41. The summed E-state index contributed by atoms with van der Waals surface area (Å²) < 4.78 is 2.35. The van der Waals surface area contributed by atoms with Gasteiger partial charge in [0.15, 0.2) is 0 Å². The summed E-state index contributed by atoms with van der Waals surface area (Å²) in [5, 5.41) is 3.52. The molecule has 12 heavy (non-hydrogen) atoms. The molecule has 0 fully saturated rings. The number of nitrogens with one attached hydrogen (secondary N) is 1. The molecule has 0 amide bonds. The Morgan fingerprint density at radius 1 is 1.25 bits per heavy atom. The molecule has 2 heteroatoms. The second-order valence-electron chi connectivity index (χ2n) is 3.34. The van der Waals surface area contributed by atoms with Crippen LogP contribution in [0.4, 0.5) is 5.69 Å². The quantitative estimate of drug-likeness (QED) is 0.706. The summed E-state index contributed by atoms with van der Waals surface area (Å²) in [5.74, 6) is 0. The predicted octanol–water partition coefficient (Wildman–Crippen LogP) is 1.40. The Morgan fingerprint density at radius 2 is 1.92 bits per heavy atom. The summed E-state index contributed by atoms with van der Waals surface area (Å²) in [6.07, 6.45) is 0. The Labute approximate surface area is 83.6 Å². The number of hydrogen-bond donors (Lipinski definition) is 1. The molecule has 64 valence electrons. The van der Waals surface area contributed by atoms with Crippen molar-refractivity contribution in [3.05, 3.63) is 23.3 Å². The summed E-state index contributed by atoms with van der Waals surface area (Å²) in [6, 6.07) is 4.66. The van der Waals surface area contributed by atoms with Crippen LogP contribution in [-0.2, 0) is 0 Å². The third kappa shape index (κ3) is 1.34. The van der Waals surface area contributed by atoms with E-state index >= 15 is 0 Å². The van der Waals surface area contributed by atoms with Gasteiger partial charge in [-0.25, -0.2) is 0 Å². The number of aryl methyl sites for hydroxylation is 2. The summed E-state index contributed by atoms with van der Waals surface area (Å²) >= 11 is 0.0449. The van der Waals surface area contributed by atoms with Crippen molar-refractivity contribution in [2.24, 2.45) is 0 Å². The molecule has 0 radical (unpaired) electrons. The SMILES string of the molecule is Cc1cc2c(cc1C)[Te]C(C)N2. The molecule has 1 aliphatic heterocycles. The number of rotatable bonds is 0. The van der Waals surface area contributed by atoms with Crippen LogP contribution < -0.4 is 8.93 Å². The van der Waals surface area contributed by atoms with Gasteiger partial charge in [-0.1, -0.05) is 0 Å². The van der Waals surface area contributed by atoms with E-state index in [2.05, 4.69) is 38.2 Å². The fourth-order valence-corrected chi connectivity index (χ4v) is 4.45. The van der Waals surface area contributed by atoms with E-state index in [9.17, 15) is 0 Å². The van der Waals surface area contributed by atoms with Crippen molar-refractivity contribution in [3.63, 3.8) is 0 Å². The van der Waals surface area contributed by atoms with Gasteiger partial charge >= 0.3 is 83.7 Å². The van der Waals surface area contributed by atoms with Crippen LogP contribution in [0.5, 0.6) is 0 Å². The van der Waals surface area contributed by atoms with Crippen molar-refractivity contribution in [2.75, 3.05) is 5.32 Å². The predicted molar refractivity (Wildman–Crippen MR) is 54.4 cm³/mol. The molecule has 1 nitrogen and oxygen atoms in total. The van der Waals surface area contributed by atoms with Gasteiger partial charge < -0.3 is 0 Å². The van der Waals surface area contributed by atoms with Crippen molar-refractivity contribution >= 4 is 30.2 Å². The van der Waals surface area contributed by atoms with Crippen molar-refractivity contribution in [3.8, 4) is 0 Å². The van der Waals surface area contributed by atoms with E-state index < -0.39 is 0 Å². The zero-order valence-electron chi connectivity index (χ0n) is 7.64. The molecule has 0 aromatic heterocycles. The summed E-state index contributed by atoms with van der Waals surface area (Å²) in [7, 11) is 0. The molecule has 0 aliphatic carbocycles. The van der Waals surface area contributed by atoms with E-state index in [1.165, 1.54) is 16.8 Å². The molecule has 1 atom stereocenters. The maximum absolute atomic E-state index is 3.52. The molecule has 1 aromatic carbocycles. The number of fused-ring (bicyclic) bond motifs is 1. The van der Waals surface area contributed by atoms with E-state index in [0.717, 1.165) is 4.09 Å². The average Bonchev–Trinajstić information content (AvgIpc) is 2.30. The van der Waals surface area contributed by atoms with Gasteiger partial charge in [-0.15, -0.1) is 0 Å².